The summed E-state index contributed by atoms with van der Waals surface area (Å²) in [4.78, 5) is 24.6. The van der Waals surface area contributed by atoms with E-state index in [4.69, 9.17) is 19.4 Å². The van der Waals surface area contributed by atoms with Crippen LogP contribution in [0.3, 0.4) is 0 Å². The number of para-hydroxylation sites is 3. The predicted molar refractivity (Wildman–Crippen MR) is 279 cm³/mol. The Balaban J connectivity index is 1.07. The smallest absolute Gasteiger partial charge is 0.182 e. The minimum atomic E-state index is 0.0427. The van der Waals surface area contributed by atoms with Crippen molar-refractivity contribution >= 4 is 65.6 Å². The molecule has 1 atom stereocenters. The predicted octanol–water partition coefficient (Wildman–Crippen LogP) is 15.0. The van der Waals surface area contributed by atoms with E-state index in [1.54, 1.807) is 12.4 Å². The molecule has 0 bridgehead atoms. The largest absolute Gasteiger partial charge is 0.455 e. The number of allylic oxidation sites excluding steroid dienone is 4. The Kier molecular flexibility index (Phi) is 8.85. The van der Waals surface area contributed by atoms with E-state index < -0.39 is 0 Å². The van der Waals surface area contributed by atoms with Crippen LogP contribution in [-0.2, 0) is 0 Å². The van der Waals surface area contributed by atoms with Crippen molar-refractivity contribution in [3.8, 4) is 56.9 Å². The van der Waals surface area contributed by atoms with Crippen LogP contribution in [0.4, 0.5) is 0 Å². The molecule has 6 aromatic heterocycles. The van der Waals surface area contributed by atoms with Gasteiger partial charge in [-0.2, -0.15) is 0 Å². The molecule has 324 valence electrons. The van der Waals surface area contributed by atoms with Gasteiger partial charge >= 0.3 is 0 Å². The van der Waals surface area contributed by atoms with Crippen molar-refractivity contribution in [2.75, 3.05) is 0 Å². The van der Waals surface area contributed by atoms with E-state index in [-0.39, 0.29) is 5.92 Å². The molecule has 8 heteroatoms. The van der Waals surface area contributed by atoms with E-state index in [0.717, 1.165) is 106 Å². The minimum Gasteiger partial charge on any atom is -0.455 e. The highest BCUT2D eigenvalue weighted by molar-refractivity contribution is 6.29. The number of benzene rings is 7. The zero-order valence-electron chi connectivity index (χ0n) is 37.1. The molecule has 0 aliphatic heterocycles. The van der Waals surface area contributed by atoms with E-state index in [1.165, 1.54) is 0 Å². The summed E-state index contributed by atoms with van der Waals surface area (Å²) >= 11 is 0. The summed E-state index contributed by atoms with van der Waals surface area (Å²) in [5.41, 5.74) is 13.8. The molecule has 7 aromatic carbocycles. The molecule has 6 heterocycles. The van der Waals surface area contributed by atoms with Crippen molar-refractivity contribution in [3.05, 3.63) is 224 Å². The summed E-state index contributed by atoms with van der Waals surface area (Å²) in [6.07, 6.45) is 13.2. The van der Waals surface area contributed by atoms with Gasteiger partial charge in [0.25, 0.3) is 0 Å². The number of hydrogen-bond donors (Lipinski definition) is 0. The second-order valence-corrected chi connectivity index (χ2v) is 17.5. The third-order valence-corrected chi connectivity index (χ3v) is 13.6. The van der Waals surface area contributed by atoms with Gasteiger partial charge in [0.2, 0.25) is 0 Å². The lowest BCUT2D eigenvalue weighted by Gasteiger charge is -2.24. The fourth-order valence-corrected chi connectivity index (χ4v) is 10.6. The SMILES string of the molecule is C1=CC[C@H](c2cc(-c3nc(-c4ccccn4)nc(-c4ccccn4)n3)cc(-c3ccccc3)c2-n2c3ccccc3c3c4oc5c(ccc6c5c5ccccc5n6-c5ccccc5)c4ccc32)C=C1. The lowest BCUT2D eigenvalue weighted by molar-refractivity contribution is 0.677. The van der Waals surface area contributed by atoms with Crippen LogP contribution in [0.15, 0.2) is 223 Å². The Labute approximate surface area is 395 Å². The summed E-state index contributed by atoms with van der Waals surface area (Å²) in [7, 11) is 0. The highest BCUT2D eigenvalue weighted by Gasteiger charge is 2.28. The molecule has 0 amide bonds. The zero-order chi connectivity index (χ0) is 45.4. The number of fused-ring (bicyclic) bond motifs is 11. The van der Waals surface area contributed by atoms with Gasteiger partial charge in [0.05, 0.1) is 38.5 Å². The summed E-state index contributed by atoms with van der Waals surface area (Å²) < 4.78 is 12.2. The third-order valence-electron chi connectivity index (χ3n) is 13.6. The van der Waals surface area contributed by atoms with Crippen LogP contribution in [0.5, 0.6) is 0 Å². The molecule has 0 saturated carbocycles. The highest BCUT2D eigenvalue weighted by Crippen LogP contribution is 2.48. The van der Waals surface area contributed by atoms with Crippen LogP contribution in [0.2, 0.25) is 0 Å². The lowest BCUT2D eigenvalue weighted by Crippen LogP contribution is -2.09. The average molecular weight is 886 g/mol. The molecule has 14 rings (SSSR count). The molecule has 0 unspecified atom stereocenters. The second-order valence-electron chi connectivity index (χ2n) is 17.5. The Hall–Kier alpha value is -9.27. The van der Waals surface area contributed by atoms with Gasteiger partial charge in [0.1, 0.15) is 22.6 Å². The Bertz CT molecular complexity index is 4150. The quantitative estimate of drug-likeness (QED) is 0.158. The fraction of sp³-hybridized carbons (Fsp3) is 0.0328. The first-order valence-electron chi connectivity index (χ1n) is 23.3. The number of nitrogens with zero attached hydrogens (tertiary/aromatic N) is 7. The summed E-state index contributed by atoms with van der Waals surface area (Å²) in [6.45, 7) is 0. The fourth-order valence-electron chi connectivity index (χ4n) is 10.6. The maximum Gasteiger partial charge on any atom is 0.182 e. The molecule has 0 spiro atoms. The van der Waals surface area contributed by atoms with Crippen LogP contribution < -0.4 is 0 Å². The first kappa shape index (κ1) is 38.9. The normalized spacial score (nSPS) is 13.8. The van der Waals surface area contributed by atoms with E-state index in [1.807, 2.05) is 36.4 Å². The van der Waals surface area contributed by atoms with Crippen molar-refractivity contribution in [1.29, 1.82) is 0 Å². The van der Waals surface area contributed by atoms with Gasteiger partial charge in [0, 0.05) is 56.7 Å². The van der Waals surface area contributed by atoms with Crippen molar-refractivity contribution < 1.29 is 4.42 Å². The maximum absolute atomic E-state index is 7.35. The number of furan rings is 1. The topological polar surface area (TPSA) is 87.4 Å². The molecule has 0 saturated heterocycles. The van der Waals surface area contributed by atoms with Crippen LogP contribution in [0.1, 0.15) is 17.9 Å². The Morgan fingerprint density at radius 3 is 1.62 bits per heavy atom. The average Bonchev–Trinajstić information content (AvgIpc) is 4.09. The van der Waals surface area contributed by atoms with Crippen LogP contribution in [0, 0.1) is 0 Å². The molecule has 13 aromatic rings. The lowest BCUT2D eigenvalue weighted by atomic mass is 9.86. The molecular weight excluding hydrogens is 847 g/mol. The summed E-state index contributed by atoms with van der Waals surface area (Å²) in [6, 6.07) is 63.8. The van der Waals surface area contributed by atoms with Gasteiger partial charge in [-0.3, -0.25) is 9.97 Å². The van der Waals surface area contributed by atoms with Crippen LogP contribution in [0.25, 0.3) is 122 Å². The first-order valence-corrected chi connectivity index (χ1v) is 23.3. The van der Waals surface area contributed by atoms with Crippen molar-refractivity contribution in [3.63, 3.8) is 0 Å². The molecule has 0 N–H and O–H groups in total. The number of pyridine rings is 2. The first-order chi connectivity index (χ1) is 34.2. The van der Waals surface area contributed by atoms with Crippen LogP contribution in [-0.4, -0.2) is 34.1 Å². The third kappa shape index (κ3) is 6.19. The molecule has 8 nitrogen and oxygen atoms in total. The minimum absolute atomic E-state index is 0.0427. The van der Waals surface area contributed by atoms with Gasteiger partial charge in [-0.05, 0) is 102 Å². The molecular formula is C61H39N7O. The molecule has 1 aliphatic rings. The van der Waals surface area contributed by atoms with Crippen molar-refractivity contribution in [2.45, 2.75) is 12.3 Å². The van der Waals surface area contributed by atoms with Gasteiger partial charge in [-0.25, -0.2) is 15.0 Å². The monoisotopic (exact) mass is 885 g/mol. The maximum atomic E-state index is 7.35. The van der Waals surface area contributed by atoms with Crippen molar-refractivity contribution in [2.24, 2.45) is 0 Å². The number of rotatable bonds is 7. The second kappa shape index (κ2) is 15.7. The van der Waals surface area contributed by atoms with Gasteiger partial charge < -0.3 is 13.6 Å². The summed E-state index contributed by atoms with van der Waals surface area (Å²) in [5.74, 6) is 1.54. The summed E-state index contributed by atoms with van der Waals surface area (Å²) in [5, 5.41) is 6.63. The van der Waals surface area contributed by atoms with E-state index in [2.05, 4.69) is 189 Å². The van der Waals surface area contributed by atoms with Gasteiger partial charge in [-0.15, -0.1) is 0 Å². The Morgan fingerprint density at radius 1 is 0.449 bits per heavy atom. The Morgan fingerprint density at radius 2 is 1.01 bits per heavy atom. The van der Waals surface area contributed by atoms with Crippen molar-refractivity contribution in [1.82, 2.24) is 34.1 Å². The highest BCUT2D eigenvalue weighted by atomic mass is 16.3. The van der Waals surface area contributed by atoms with E-state index in [0.29, 0.717) is 28.9 Å². The van der Waals surface area contributed by atoms with Crippen LogP contribution >= 0.6 is 0 Å². The van der Waals surface area contributed by atoms with Gasteiger partial charge in [0.15, 0.2) is 17.5 Å². The number of aromatic nitrogens is 7. The zero-order valence-corrected chi connectivity index (χ0v) is 37.1. The van der Waals surface area contributed by atoms with E-state index in [9.17, 15) is 0 Å². The van der Waals surface area contributed by atoms with E-state index >= 15 is 0 Å². The standard InChI is InChI=1S/C61H39N7O/c1-4-18-38(19-5-1)46-36-40(59-64-60(48-26-14-16-34-62-48)66-61(65-59)49-27-15-17-35-63-49)37-47(39-20-6-2-7-21-39)56(46)68-51-29-13-11-25-45(51)55-53(68)33-31-43-42-30-32-52-54(57(42)69-58(43)55)44-24-10-12-28-50(44)67(52)41-22-8-3-9-23-41/h1-20,22-37,39H,21H2/t39-/m1/s1. The number of hydrogen-bond acceptors (Lipinski definition) is 6. The van der Waals surface area contributed by atoms with Gasteiger partial charge in [-0.1, -0.05) is 121 Å². The molecule has 0 fully saturated rings. The molecule has 69 heavy (non-hydrogen) atoms. The molecule has 0 radical (unpaired) electrons. The molecule has 1 aliphatic carbocycles.